The second kappa shape index (κ2) is 6.97. The second-order valence-corrected chi connectivity index (χ2v) is 5.17. The lowest BCUT2D eigenvalue weighted by atomic mass is 10.1. The average molecular weight is 241 g/mol. The van der Waals surface area contributed by atoms with Crippen LogP contribution in [0, 0.1) is 0 Å². The van der Waals surface area contributed by atoms with Gasteiger partial charge in [-0.15, -0.1) is 0 Å². The Kier molecular flexibility index (Phi) is 5.92. The van der Waals surface area contributed by atoms with Crippen molar-refractivity contribution >= 4 is 5.91 Å². The van der Waals surface area contributed by atoms with E-state index >= 15 is 0 Å². The summed E-state index contributed by atoms with van der Waals surface area (Å²) in [6, 6.07) is 1.25. The first kappa shape index (κ1) is 14.5. The van der Waals surface area contributed by atoms with Gasteiger partial charge in [-0.3, -0.25) is 9.69 Å². The van der Waals surface area contributed by atoms with Gasteiger partial charge in [0.05, 0.1) is 6.54 Å². The Morgan fingerprint density at radius 2 is 2.06 bits per heavy atom. The highest BCUT2D eigenvalue weighted by atomic mass is 16.2. The summed E-state index contributed by atoms with van der Waals surface area (Å²) in [5, 5.41) is 6.52. The van der Waals surface area contributed by atoms with Crippen LogP contribution >= 0.6 is 0 Å². The molecule has 1 aliphatic heterocycles. The van der Waals surface area contributed by atoms with Gasteiger partial charge in [-0.25, -0.2) is 0 Å². The molecule has 0 aromatic heterocycles. The van der Waals surface area contributed by atoms with E-state index in [-0.39, 0.29) is 5.91 Å². The maximum atomic E-state index is 11.9. The lowest BCUT2D eigenvalue weighted by molar-refractivity contribution is -0.123. The quantitative estimate of drug-likeness (QED) is 0.754. The highest BCUT2D eigenvalue weighted by Crippen LogP contribution is 2.06. The maximum absolute atomic E-state index is 11.9. The molecule has 4 heteroatoms. The SMILES string of the molecule is CCC(CC)NC(=O)CN1CC(C)NCC1C. The van der Waals surface area contributed by atoms with Crippen LogP contribution in [0.15, 0.2) is 0 Å². The lowest BCUT2D eigenvalue weighted by Crippen LogP contribution is -2.56. The number of piperazine rings is 1. The molecule has 0 bridgehead atoms. The maximum Gasteiger partial charge on any atom is 0.234 e. The molecule has 2 N–H and O–H groups in total. The van der Waals surface area contributed by atoms with E-state index in [1.165, 1.54) is 0 Å². The molecule has 1 saturated heterocycles. The van der Waals surface area contributed by atoms with Crippen molar-refractivity contribution in [3.8, 4) is 0 Å². The molecule has 0 spiro atoms. The van der Waals surface area contributed by atoms with E-state index in [0.717, 1.165) is 25.9 Å². The van der Waals surface area contributed by atoms with Crippen LogP contribution in [-0.4, -0.2) is 48.6 Å². The monoisotopic (exact) mass is 241 g/mol. The smallest absolute Gasteiger partial charge is 0.234 e. The third-order valence-corrected chi connectivity index (χ3v) is 3.59. The van der Waals surface area contributed by atoms with Crippen LogP contribution in [0.4, 0.5) is 0 Å². The Morgan fingerprint density at radius 3 is 2.65 bits per heavy atom. The van der Waals surface area contributed by atoms with Gasteiger partial charge in [-0.1, -0.05) is 13.8 Å². The molecule has 0 aromatic carbocycles. The van der Waals surface area contributed by atoms with Crippen LogP contribution in [0.2, 0.25) is 0 Å². The van der Waals surface area contributed by atoms with Gasteiger partial charge in [0.1, 0.15) is 0 Å². The first-order valence-corrected chi connectivity index (χ1v) is 6.83. The molecule has 0 saturated carbocycles. The van der Waals surface area contributed by atoms with Gasteiger partial charge < -0.3 is 10.6 Å². The van der Waals surface area contributed by atoms with Gasteiger partial charge in [0, 0.05) is 31.2 Å². The van der Waals surface area contributed by atoms with E-state index in [9.17, 15) is 4.79 Å². The lowest BCUT2D eigenvalue weighted by Gasteiger charge is -2.37. The molecule has 1 fully saturated rings. The molecule has 100 valence electrons. The van der Waals surface area contributed by atoms with Crippen molar-refractivity contribution in [3.63, 3.8) is 0 Å². The van der Waals surface area contributed by atoms with Gasteiger partial charge in [0.15, 0.2) is 0 Å². The summed E-state index contributed by atoms with van der Waals surface area (Å²) >= 11 is 0. The van der Waals surface area contributed by atoms with Gasteiger partial charge in [-0.2, -0.15) is 0 Å². The second-order valence-electron chi connectivity index (χ2n) is 5.17. The van der Waals surface area contributed by atoms with E-state index in [0.29, 0.717) is 24.7 Å². The van der Waals surface area contributed by atoms with Crippen LogP contribution in [0.5, 0.6) is 0 Å². The zero-order valence-corrected chi connectivity index (χ0v) is 11.6. The number of carbonyl (C=O) groups is 1. The van der Waals surface area contributed by atoms with Crippen molar-refractivity contribution in [2.24, 2.45) is 0 Å². The minimum atomic E-state index is 0.166. The van der Waals surface area contributed by atoms with E-state index < -0.39 is 0 Å². The third-order valence-electron chi connectivity index (χ3n) is 3.59. The first-order valence-electron chi connectivity index (χ1n) is 6.83. The summed E-state index contributed by atoms with van der Waals surface area (Å²) in [4.78, 5) is 14.2. The summed E-state index contributed by atoms with van der Waals surface area (Å²) in [6.07, 6.45) is 2.02. The molecular weight excluding hydrogens is 214 g/mol. The normalized spacial score (nSPS) is 26.2. The molecular formula is C13H27N3O. The molecule has 1 rings (SSSR count). The standard InChI is InChI=1S/C13H27N3O/c1-5-12(6-2)15-13(17)9-16-8-10(3)14-7-11(16)4/h10-12,14H,5-9H2,1-4H3,(H,15,17). The molecule has 0 radical (unpaired) electrons. The molecule has 1 aliphatic rings. The van der Waals surface area contributed by atoms with Gasteiger partial charge >= 0.3 is 0 Å². The summed E-state index contributed by atoms with van der Waals surface area (Å²) < 4.78 is 0. The van der Waals surface area contributed by atoms with Crippen LogP contribution in [0.25, 0.3) is 0 Å². The van der Waals surface area contributed by atoms with Gasteiger partial charge in [0.2, 0.25) is 5.91 Å². The average Bonchev–Trinajstić information content (AvgIpc) is 2.31. The highest BCUT2D eigenvalue weighted by molar-refractivity contribution is 5.78. The fraction of sp³-hybridized carbons (Fsp3) is 0.923. The number of hydrogen-bond acceptors (Lipinski definition) is 3. The molecule has 2 atom stereocenters. The van der Waals surface area contributed by atoms with Crippen molar-refractivity contribution in [3.05, 3.63) is 0 Å². The number of carbonyl (C=O) groups excluding carboxylic acids is 1. The highest BCUT2D eigenvalue weighted by Gasteiger charge is 2.24. The first-order chi connectivity index (χ1) is 8.06. The number of nitrogens with one attached hydrogen (secondary N) is 2. The molecule has 1 heterocycles. The zero-order valence-electron chi connectivity index (χ0n) is 11.6. The van der Waals surface area contributed by atoms with Gasteiger partial charge in [0.25, 0.3) is 0 Å². The minimum absolute atomic E-state index is 0.166. The molecule has 1 amide bonds. The van der Waals surface area contributed by atoms with E-state index in [2.05, 4.69) is 43.2 Å². The van der Waals surface area contributed by atoms with Crippen molar-refractivity contribution in [2.45, 2.75) is 58.7 Å². The van der Waals surface area contributed by atoms with E-state index in [1.807, 2.05) is 0 Å². The fourth-order valence-corrected chi connectivity index (χ4v) is 2.27. The zero-order chi connectivity index (χ0) is 12.8. The van der Waals surface area contributed by atoms with Crippen LogP contribution in [0.1, 0.15) is 40.5 Å². The van der Waals surface area contributed by atoms with E-state index in [4.69, 9.17) is 0 Å². The van der Waals surface area contributed by atoms with Crippen LogP contribution in [-0.2, 0) is 4.79 Å². The Hall–Kier alpha value is -0.610. The molecule has 0 aromatic rings. The van der Waals surface area contributed by atoms with Crippen LogP contribution in [0.3, 0.4) is 0 Å². The van der Waals surface area contributed by atoms with Crippen molar-refractivity contribution in [1.82, 2.24) is 15.5 Å². The van der Waals surface area contributed by atoms with Crippen molar-refractivity contribution < 1.29 is 4.79 Å². The summed E-state index contributed by atoms with van der Waals surface area (Å²) in [5.74, 6) is 0.166. The van der Waals surface area contributed by atoms with Crippen LogP contribution < -0.4 is 10.6 Å². The topological polar surface area (TPSA) is 44.4 Å². The predicted molar refractivity (Wildman–Crippen MR) is 71.0 cm³/mol. The molecule has 4 nitrogen and oxygen atoms in total. The molecule has 0 aliphatic carbocycles. The Labute approximate surface area is 105 Å². The number of nitrogens with zero attached hydrogens (tertiary/aromatic N) is 1. The minimum Gasteiger partial charge on any atom is -0.352 e. The van der Waals surface area contributed by atoms with Crippen molar-refractivity contribution in [2.75, 3.05) is 19.6 Å². The number of hydrogen-bond donors (Lipinski definition) is 2. The third kappa shape index (κ3) is 4.64. The Balaban J connectivity index is 2.38. The summed E-state index contributed by atoms with van der Waals surface area (Å²) in [5.41, 5.74) is 0. The largest absolute Gasteiger partial charge is 0.352 e. The summed E-state index contributed by atoms with van der Waals surface area (Å²) in [7, 11) is 0. The number of amides is 1. The summed E-state index contributed by atoms with van der Waals surface area (Å²) in [6.45, 7) is 11.0. The number of rotatable bonds is 5. The Morgan fingerprint density at radius 1 is 1.41 bits per heavy atom. The Bertz CT molecular complexity index is 241. The molecule has 2 unspecified atom stereocenters. The van der Waals surface area contributed by atoms with Gasteiger partial charge in [-0.05, 0) is 26.7 Å². The van der Waals surface area contributed by atoms with Crippen molar-refractivity contribution in [1.29, 1.82) is 0 Å². The predicted octanol–water partition coefficient (Wildman–Crippen LogP) is 0.973. The molecule has 17 heavy (non-hydrogen) atoms. The fourth-order valence-electron chi connectivity index (χ4n) is 2.27. The van der Waals surface area contributed by atoms with E-state index in [1.54, 1.807) is 0 Å².